The Labute approximate surface area is 188 Å². The molecule has 3 aromatic carbocycles. The lowest BCUT2D eigenvalue weighted by atomic mass is 9.84. The molecule has 0 amide bonds. The smallest absolute Gasteiger partial charge is 0.226 e. The van der Waals surface area contributed by atoms with Crippen molar-refractivity contribution in [3.05, 3.63) is 111 Å². The van der Waals surface area contributed by atoms with Crippen LogP contribution in [0.5, 0.6) is 5.75 Å². The molecule has 0 aliphatic carbocycles. The zero-order valence-electron chi connectivity index (χ0n) is 16.2. The Hall–Kier alpha value is -3.28. The van der Waals surface area contributed by atoms with Crippen LogP contribution in [-0.4, -0.2) is 14.8 Å². The molecule has 1 N–H and O–H groups in total. The normalized spacial score (nSPS) is 19.0. The molecule has 7 heteroatoms. The highest BCUT2D eigenvalue weighted by Gasteiger charge is 2.41. The lowest BCUT2D eigenvalue weighted by Crippen LogP contribution is -2.32. The van der Waals surface area contributed by atoms with Gasteiger partial charge in [0.05, 0.1) is 5.70 Å². The van der Waals surface area contributed by atoms with Gasteiger partial charge in [0, 0.05) is 26.7 Å². The van der Waals surface area contributed by atoms with Gasteiger partial charge in [0.15, 0.2) is 6.10 Å². The average molecular weight is 447 g/mol. The minimum absolute atomic E-state index is 0.236. The highest BCUT2D eigenvalue weighted by atomic mass is 35.5. The van der Waals surface area contributed by atoms with Crippen LogP contribution >= 0.6 is 23.2 Å². The minimum atomic E-state index is -0.399. The third-order valence-electron chi connectivity index (χ3n) is 5.69. The van der Waals surface area contributed by atoms with Gasteiger partial charge >= 0.3 is 0 Å². The van der Waals surface area contributed by atoms with Gasteiger partial charge in [0.1, 0.15) is 18.1 Å². The minimum Gasteiger partial charge on any atom is -0.480 e. The molecule has 4 aromatic rings. The second kappa shape index (κ2) is 7.15. The third kappa shape index (κ3) is 2.92. The van der Waals surface area contributed by atoms with Crippen molar-refractivity contribution >= 4 is 34.8 Å². The van der Waals surface area contributed by atoms with Gasteiger partial charge in [0.2, 0.25) is 5.95 Å². The van der Waals surface area contributed by atoms with Gasteiger partial charge in [-0.25, -0.2) is 4.68 Å². The van der Waals surface area contributed by atoms with E-state index >= 15 is 0 Å². The number of fused-ring (bicyclic) bond motifs is 3. The fourth-order valence-electron chi connectivity index (χ4n) is 4.33. The number of hydrogen-bond acceptors (Lipinski definition) is 4. The van der Waals surface area contributed by atoms with Gasteiger partial charge in [-0.3, -0.25) is 0 Å². The summed E-state index contributed by atoms with van der Waals surface area (Å²) < 4.78 is 8.44. The summed E-state index contributed by atoms with van der Waals surface area (Å²) in [5.41, 5.74) is 4.90. The molecule has 2 atom stereocenters. The van der Waals surface area contributed by atoms with Crippen molar-refractivity contribution in [3.63, 3.8) is 0 Å². The van der Waals surface area contributed by atoms with Crippen LogP contribution in [0, 0.1) is 0 Å². The first-order chi connectivity index (χ1) is 15.2. The standard InChI is InChI=1S/C24H16Cl2N4O/c25-15-11-9-14(10-12-15)22-20-21(29-24-27-13-28-30(22)24)17-6-2-4-8-19(17)31-23(20)16-5-1-3-7-18(16)26/h1-13,22-23H,(H,27,28,29). The first-order valence-corrected chi connectivity index (χ1v) is 10.6. The number of rotatable bonds is 2. The number of hydrogen-bond donors (Lipinski definition) is 1. The monoisotopic (exact) mass is 446 g/mol. The number of para-hydroxylation sites is 1. The summed E-state index contributed by atoms with van der Waals surface area (Å²) in [5.74, 6) is 1.47. The van der Waals surface area contributed by atoms with Crippen molar-refractivity contribution in [2.75, 3.05) is 5.32 Å². The third-order valence-corrected chi connectivity index (χ3v) is 6.29. The van der Waals surface area contributed by atoms with Crippen molar-refractivity contribution < 1.29 is 4.74 Å². The van der Waals surface area contributed by atoms with Crippen LogP contribution in [0.2, 0.25) is 10.0 Å². The van der Waals surface area contributed by atoms with Crippen LogP contribution in [0.15, 0.2) is 84.7 Å². The van der Waals surface area contributed by atoms with E-state index in [-0.39, 0.29) is 6.04 Å². The zero-order chi connectivity index (χ0) is 20.9. The van der Waals surface area contributed by atoms with E-state index in [4.69, 9.17) is 27.9 Å². The molecule has 0 saturated carbocycles. The van der Waals surface area contributed by atoms with E-state index in [1.165, 1.54) is 0 Å². The fourth-order valence-corrected chi connectivity index (χ4v) is 4.69. The summed E-state index contributed by atoms with van der Waals surface area (Å²) in [5, 5.41) is 9.34. The Morgan fingerprint density at radius 1 is 0.903 bits per heavy atom. The molecule has 2 aliphatic rings. The molecule has 3 heterocycles. The summed E-state index contributed by atoms with van der Waals surface area (Å²) in [7, 11) is 0. The molecule has 1 aromatic heterocycles. The predicted molar refractivity (Wildman–Crippen MR) is 121 cm³/mol. The maximum absolute atomic E-state index is 6.63. The highest BCUT2D eigenvalue weighted by Crippen LogP contribution is 2.51. The zero-order valence-corrected chi connectivity index (χ0v) is 17.7. The van der Waals surface area contributed by atoms with E-state index in [0.29, 0.717) is 16.0 Å². The summed E-state index contributed by atoms with van der Waals surface area (Å²) >= 11 is 12.8. The van der Waals surface area contributed by atoms with Crippen LogP contribution < -0.4 is 10.1 Å². The first kappa shape index (κ1) is 18.5. The number of benzene rings is 3. The van der Waals surface area contributed by atoms with Crippen LogP contribution in [0.25, 0.3) is 5.70 Å². The van der Waals surface area contributed by atoms with E-state index in [0.717, 1.165) is 33.7 Å². The molecule has 152 valence electrons. The number of aromatic nitrogens is 3. The highest BCUT2D eigenvalue weighted by molar-refractivity contribution is 6.31. The fraction of sp³-hybridized carbons (Fsp3) is 0.0833. The Morgan fingerprint density at radius 3 is 2.52 bits per heavy atom. The number of halogens is 2. The molecule has 0 fully saturated rings. The first-order valence-electron chi connectivity index (χ1n) is 9.87. The Bertz CT molecular complexity index is 1330. The average Bonchev–Trinajstić information content (AvgIpc) is 3.27. The van der Waals surface area contributed by atoms with Crippen LogP contribution in [0.1, 0.15) is 28.8 Å². The van der Waals surface area contributed by atoms with Gasteiger partial charge in [0.25, 0.3) is 0 Å². The van der Waals surface area contributed by atoms with Crippen LogP contribution in [-0.2, 0) is 0 Å². The van der Waals surface area contributed by atoms with Crippen molar-refractivity contribution in [2.24, 2.45) is 0 Å². The summed E-state index contributed by atoms with van der Waals surface area (Å²) in [4.78, 5) is 4.44. The van der Waals surface area contributed by atoms with E-state index in [1.54, 1.807) is 6.33 Å². The van der Waals surface area contributed by atoms with E-state index in [2.05, 4.69) is 15.4 Å². The van der Waals surface area contributed by atoms with E-state index in [1.807, 2.05) is 77.5 Å². The van der Waals surface area contributed by atoms with E-state index in [9.17, 15) is 0 Å². The van der Waals surface area contributed by atoms with Gasteiger partial charge in [-0.1, -0.05) is 65.7 Å². The molecule has 0 saturated heterocycles. The molecule has 6 rings (SSSR count). The molecule has 5 nitrogen and oxygen atoms in total. The molecule has 0 bridgehead atoms. The van der Waals surface area contributed by atoms with Crippen molar-refractivity contribution in [3.8, 4) is 5.75 Å². The van der Waals surface area contributed by atoms with Gasteiger partial charge in [-0.05, 0) is 35.9 Å². The largest absolute Gasteiger partial charge is 0.480 e. The molecule has 0 spiro atoms. The number of nitrogens with zero attached hydrogens (tertiary/aromatic N) is 3. The van der Waals surface area contributed by atoms with Gasteiger partial charge in [-0.15, -0.1) is 0 Å². The van der Waals surface area contributed by atoms with Crippen LogP contribution in [0.3, 0.4) is 0 Å². The summed E-state index contributed by atoms with van der Waals surface area (Å²) in [6.45, 7) is 0. The van der Waals surface area contributed by atoms with Crippen molar-refractivity contribution in [2.45, 2.75) is 12.1 Å². The number of ether oxygens (including phenoxy) is 1. The summed E-state index contributed by atoms with van der Waals surface area (Å²) in [6, 6.07) is 23.3. The van der Waals surface area contributed by atoms with Crippen molar-refractivity contribution in [1.82, 2.24) is 14.8 Å². The molecule has 2 unspecified atom stereocenters. The lowest BCUT2D eigenvalue weighted by Gasteiger charge is -2.39. The van der Waals surface area contributed by atoms with E-state index < -0.39 is 6.10 Å². The molecule has 31 heavy (non-hydrogen) atoms. The topological polar surface area (TPSA) is 52.0 Å². The predicted octanol–water partition coefficient (Wildman–Crippen LogP) is 6.14. The molecule has 2 aliphatic heterocycles. The SMILES string of the molecule is Clc1ccc(C2C3=C(Nc4ncnn42)c2ccccc2OC3c2ccccc2Cl)cc1. The number of anilines is 1. The Kier molecular flexibility index (Phi) is 4.26. The van der Waals surface area contributed by atoms with Gasteiger partial charge < -0.3 is 10.1 Å². The maximum atomic E-state index is 6.63. The maximum Gasteiger partial charge on any atom is 0.226 e. The molecular formula is C24H16Cl2N4O. The Morgan fingerprint density at radius 2 is 1.68 bits per heavy atom. The lowest BCUT2D eigenvalue weighted by molar-refractivity contribution is 0.223. The van der Waals surface area contributed by atoms with Crippen LogP contribution in [0.4, 0.5) is 5.95 Å². The molecular weight excluding hydrogens is 431 g/mol. The Balaban J connectivity index is 1.65. The second-order valence-electron chi connectivity index (χ2n) is 7.45. The number of nitrogens with one attached hydrogen (secondary N) is 1. The molecule has 0 radical (unpaired) electrons. The quantitative estimate of drug-likeness (QED) is 0.401. The second-order valence-corrected chi connectivity index (χ2v) is 8.30. The van der Waals surface area contributed by atoms with Gasteiger partial charge in [-0.2, -0.15) is 10.1 Å². The summed E-state index contributed by atoms with van der Waals surface area (Å²) in [6.07, 6.45) is 1.16. The van der Waals surface area contributed by atoms with Crippen molar-refractivity contribution in [1.29, 1.82) is 0 Å².